The number of ether oxygens (including phenoxy) is 2. The Hall–Kier alpha value is -3.03. The van der Waals surface area contributed by atoms with E-state index in [4.69, 9.17) is 9.47 Å². The van der Waals surface area contributed by atoms with Gasteiger partial charge in [-0.1, -0.05) is 75.9 Å². The summed E-state index contributed by atoms with van der Waals surface area (Å²) in [7, 11) is 0. The first-order chi connectivity index (χ1) is 18.0. The molecule has 0 aliphatic rings. The SMILES string of the molecule is CCCC#CC(O)(/C=C/c1ccc(C(CC)(CC)c2ccc(OCC(C)OC(C)=O)c(C)c2)cc1C)CC. The fourth-order valence-electron chi connectivity index (χ4n) is 4.84. The van der Waals surface area contributed by atoms with Gasteiger partial charge in [-0.15, -0.1) is 0 Å². The fourth-order valence-corrected chi connectivity index (χ4v) is 4.84. The van der Waals surface area contributed by atoms with Gasteiger partial charge in [-0.2, -0.15) is 0 Å². The van der Waals surface area contributed by atoms with Crippen molar-refractivity contribution in [3.05, 3.63) is 70.3 Å². The number of hydrogen-bond donors (Lipinski definition) is 1. The van der Waals surface area contributed by atoms with E-state index in [2.05, 4.69) is 76.8 Å². The molecule has 0 bridgehead atoms. The van der Waals surface area contributed by atoms with E-state index in [1.54, 1.807) is 0 Å². The van der Waals surface area contributed by atoms with E-state index in [0.29, 0.717) is 13.0 Å². The van der Waals surface area contributed by atoms with E-state index >= 15 is 0 Å². The maximum absolute atomic E-state index is 11.2. The Balaban J connectivity index is 2.34. The summed E-state index contributed by atoms with van der Waals surface area (Å²) in [6, 6.07) is 13.1. The minimum absolute atomic E-state index is 0.128. The largest absolute Gasteiger partial charge is 0.489 e. The van der Waals surface area contributed by atoms with E-state index in [1.807, 2.05) is 32.1 Å². The summed E-state index contributed by atoms with van der Waals surface area (Å²) in [5.41, 5.74) is 4.62. The normalized spacial score (nSPS) is 13.9. The Morgan fingerprint density at radius 2 is 1.63 bits per heavy atom. The van der Waals surface area contributed by atoms with Gasteiger partial charge in [0, 0.05) is 18.8 Å². The highest BCUT2D eigenvalue weighted by atomic mass is 16.6. The molecular formula is C34H46O4. The van der Waals surface area contributed by atoms with Crippen LogP contribution in [0.5, 0.6) is 5.75 Å². The predicted octanol–water partition coefficient (Wildman–Crippen LogP) is 7.70. The van der Waals surface area contributed by atoms with Gasteiger partial charge in [-0.3, -0.25) is 4.79 Å². The zero-order valence-corrected chi connectivity index (χ0v) is 24.6. The first-order valence-electron chi connectivity index (χ1n) is 14.0. The molecule has 0 heterocycles. The lowest BCUT2D eigenvalue weighted by molar-refractivity contribution is -0.146. The molecule has 4 heteroatoms. The summed E-state index contributed by atoms with van der Waals surface area (Å²) in [5.74, 6) is 6.62. The molecule has 2 unspecified atom stereocenters. The van der Waals surface area contributed by atoms with E-state index in [1.165, 1.54) is 23.6 Å². The van der Waals surface area contributed by atoms with Crippen LogP contribution in [-0.2, 0) is 14.9 Å². The van der Waals surface area contributed by atoms with Crippen molar-refractivity contribution in [3.8, 4) is 17.6 Å². The average Bonchev–Trinajstić information content (AvgIpc) is 2.88. The molecule has 4 nitrogen and oxygen atoms in total. The first kappa shape index (κ1) is 31.2. The second-order valence-corrected chi connectivity index (χ2v) is 10.2. The number of esters is 1. The van der Waals surface area contributed by atoms with Crippen molar-refractivity contribution in [1.82, 2.24) is 0 Å². The van der Waals surface area contributed by atoms with Gasteiger partial charge in [0.15, 0.2) is 0 Å². The number of aliphatic hydroxyl groups is 1. The molecule has 0 amide bonds. The number of carbonyl (C=O) groups excluding carboxylic acids is 1. The fraction of sp³-hybridized carbons (Fsp3) is 0.500. The van der Waals surface area contributed by atoms with Crippen LogP contribution in [0.2, 0.25) is 0 Å². The van der Waals surface area contributed by atoms with Gasteiger partial charge in [-0.25, -0.2) is 0 Å². The van der Waals surface area contributed by atoms with Crippen molar-refractivity contribution >= 4 is 12.0 Å². The quantitative estimate of drug-likeness (QED) is 0.231. The molecule has 0 saturated carbocycles. The number of benzene rings is 2. The van der Waals surface area contributed by atoms with E-state index < -0.39 is 5.60 Å². The minimum Gasteiger partial charge on any atom is -0.489 e. The third-order valence-electron chi connectivity index (χ3n) is 7.36. The smallest absolute Gasteiger partial charge is 0.303 e. The Bertz CT molecular complexity index is 1160. The molecule has 0 saturated heterocycles. The summed E-state index contributed by atoms with van der Waals surface area (Å²) in [5, 5.41) is 10.9. The molecule has 1 N–H and O–H groups in total. The number of aryl methyl sites for hydroxylation is 2. The Labute approximate surface area is 230 Å². The van der Waals surface area contributed by atoms with Crippen LogP contribution in [-0.4, -0.2) is 29.4 Å². The van der Waals surface area contributed by atoms with Gasteiger partial charge in [0.25, 0.3) is 0 Å². The zero-order valence-electron chi connectivity index (χ0n) is 24.6. The maximum Gasteiger partial charge on any atom is 0.303 e. The maximum atomic E-state index is 11.2. The van der Waals surface area contributed by atoms with Gasteiger partial charge >= 0.3 is 5.97 Å². The lowest BCUT2D eigenvalue weighted by Crippen LogP contribution is -2.26. The van der Waals surface area contributed by atoms with E-state index in [-0.39, 0.29) is 17.5 Å². The van der Waals surface area contributed by atoms with Gasteiger partial charge in [0.05, 0.1) is 0 Å². The van der Waals surface area contributed by atoms with Gasteiger partial charge < -0.3 is 14.6 Å². The number of rotatable bonds is 12. The predicted molar refractivity (Wildman–Crippen MR) is 157 cm³/mol. The van der Waals surface area contributed by atoms with Crippen molar-refractivity contribution in [2.75, 3.05) is 6.61 Å². The van der Waals surface area contributed by atoms with Crippen LogP contribution in [0.4, 0.5) is 0 Å². The van der Waals surface area contributed by atoms with Crippen LogP contribution in [0.15, 0.2) is 42.5 Å². The molecule has 206 valence electrons. The summed E-state index contributed by atoms with van der Waals surface area (Å²) in [6.07, 6.45) is 7.77. The molecule has 0 radical (unpaired) electrons. The molecule has 2 atom stereocenters. The third-order valence-corrected chi connectivity index (χ3v) is 7.36. The summed E-state index contributed by atoms with van der Waals surface area (Å²) >= 11 is 0. The Morgan fingerprint density at radius 1 is 1.00 bits per heavy atom. The van der Waals surface area contributed by atoms with Crippen LogP contribution >= 0.6 is 0 Å². The van der Waals surface area contributed by atoms with Gasteiger partial charge in [0.2, 0.25) is 0 Å². The first-order valence-corrected chi connectivity index (χ1v) is 14.0. The van der Waals surface area contributed by atoms with E-state index in [0.717, 1.165) is 42.6 Å². The number of unbranched alkanes of at least 4 members (excludes halogenated alkanes) is 1. The van der Waals surface area contributed by atoms with Crippen molar-refractivity contribution < 1.29 is 19.4 Å². The lowest BCUT2D eigenvalue weighted by Gasteiger charge is -2.34. The summed E-state index contributed by atoms with van der Waals surface area (Å²) < 4.78 is 11.1. The van der Waals surface area contributed by atoms with Crippen LogP contribution in [0.3, 0.4) is 0 Å². The van der Waals surface area contributed by atoms with Gasteiger partial charge in [-0.05, 0) is 86.4 Å². The number of carbonyl (C=O) groups is 1. The molecule has 2 aromatic rings. The van der Waals surface area contributed by atoms with Gasteiger partial charge in [0.1, 0.15) is 24.1 Å². The molecule has 2 rings (SSSR count). The van der Waals surface area contributed by atoms with Crippen molar-refractivity contribution in [2.24, 2.45) is 0 Å². The van der Waals surface area contributed by atoms with Crippen LogP contribution in [0, 0.1) is 25.7 Å². The highest BCUT2D eigenvalue weighted by Gasteiger charge is 2.31. The van der Waals surface area contributed by atoms with Crippen LogP contribution in [0.25, 0.3) is 6.08 Å². The molecule has 0 spiro atoms. The molecule has 38 heavy (non-hydrogen) atoms. The minimum atomic E-state index is -1.10. The Morgan fingerprint density at radius 3 is 2.16 bits per heavy atom. The third kappa shape index (κ3) is 7.98. The van der Waals surface area contributed by atoms with Crippen LogP contribution in [0.1, 0.15) is 101 Å². The molecule has 0 aromatic heterocycles. The van der Waals surface area contributed by atoms with E-state index in [9.17, 15) is 9.90 Å². The molecule has 2 aromatic carbocycles. The molecular weight excluding hydrogens is 472 g/mol. The van der Waals surface area contributed by atoms with Crippen molar-refractivity contribution in [3.63, 3.8) is 0 Å². The van der Waals surface area contributed by atoms with Crippen molar-refractivity contribution in [2.45, 2.75) is 105 Å². The zero-order chi connectivity index (χ0) is 28.3. The van der Waals surface area contributed by atoms with Crippen LogP contribution < -0.4 is 4.74 Å². The number of hydrogen-bond acceptors (Lipinski definition) is 4. The molecule has 0 aliphatic carbocycles. The lowest BCUT2D eigenvalue weighted by atomic mass is 9.70. The topological polar surface area (TPSA) is 55.8 Å². The highest BCUT2D eigenvalue weighted by Crippen LogP contribution is 2.41. The standard InChI is InChI=1S/C34H46O4/c1-9-13-14-20-33(36,10-2)21-19-29-15-16-30(22-25(29)5)34(11-3,12-4)31-17-18-32(26(6)23-31)37-24-27(7)38-28(8)35/h15-19,21-23,27,36H,9-13,24H2,1-8H3/b21-19+. The Kier molecular flexibility index (Phi) is 11.7. The molecule has 0 aliphatic heterocycles. The second-order valence-electron chi connectivity index (χ2n) is 10.2. The average molecular weight is 519 g/mol. The highest BCUT2D eigenvalue weighted by molar-refractivity contribution is 5.66. The second kappa shape index (κ2) is 14.2. The summed E-state index contributed by atoms with van der Waals surface area (Å²) in [4.78, 5) is 11.2. The summed E-state index contributed by atoms with van der Waals surface area (Å²) in [6.45, 7) is 16.3. The van der Waals surface area contributed by atoms with Crippen molar-refractivity contribution in [1.29, 1.82) is 0 Å². The monoisotopic (exact) mass is 518 g/mol. The molecule has 0 fully saturated rings.